The van der Waals surface area contributed by atoms with Crippen LogP contribution >= 0.6 is 15.9 Å². The molecule has 0 bridgehead atoms. The Kier molecular flexibility index (Phi) is 4.10. The maximum absolute atomic E-state index is 13.4. The minimum absolute atomic E-state index is 0.00651. The molecule has 0 saturated carbocycles. The summed E-state index contributed by atoms with van der Waals surface area (Å²) in [7, 11) is -5.84. The molecule has 1 N–H and O–H groups in total. The van der Waals surface area contributed by atoms with Crippen LogP contribution in [0.3, 0.4) is 0 Å². The van der Waals surface area contributed by atoms with E-state index in [0.717, 1.165) is 6.07 Å². The highest BCUT2D eigenvalue weighted by Crippen LogP contribution is 2.54. The van der Waals surface area contributed by atoms with E-state index in [1.807, 2.05) is 0 Å². The van der Waals surface area contributed by atoms with Gasteiger partial charge in [-0.15, -0.1) is 0 Å². The first-order valence-electron chi connectivity index (χ1n) is 8.13. The van der Waals surface area contributed by atoms with Gasteiger partial charge in [-0.3, -0.25) is 4.79 Å². The van der Waals surface area contributed by atoms with Gasteiger partial charge in [0, 0.05) is 28.9 Å². The SMILES string of the molecule is O=C1Cc2c(Br)cccc2C12CCOc1cc(O)cc(S(=O)(=O)C(F)(F)F)c12. The smallest absolute Gasteiger partial charge is 0.501 e. The van der Waals surface area contributed by atoms with Gasteiger partial charge in [-0.1, -0.05) is 28.1 Å². The Morgan fingerprint density at radius 2 is 1.93 bits per heavy atom. The molecule has 1 atom stereocenters. The molecule has 0 amide bonds. The molecule has 10 heteroatoms. The number of ketones is 1. The molecule has 0 saturated heterocycles. The monoisotopic (exact) mass is 476 g/mol. The average Bonchev–Trinajstić information content (AvgIpc) is 2.87. The van der Waals surface area contributed by atoms with Crippen LogP contribution in [0.2, 0.25) is 0 Å². The molecular formula is C18H12BrF3O5S. The molecule has 28 heavy (non-hydrogen) atoms. The van der Waals surface area contributed by atoms with Crippen molar-refractivity contribution in [2.75, 3.05) is 6.61 Å². The Balaban J connectivity index is 2.13. The quantitative estimate of drug-likeness (QED) is 0.679. The Hall–Kier alpha value is -2.07. The summed E-state index contributed by atoms with van der Waals surface area (Å²) in [5.74, 6) is -1.35. The number of Topliss-reactive ketones (excluding diaryl/α,β-unsaturated/α-hetero) is 1. The number of hydrogen-bond donors (Lipinski definition) is 1. The molecule has 1 spiro atoms. The van der Waals surface area contributed by atoms with E-state index in [4.69, 9.17) is 4.74 Å². The minimum atomic E-state index is -5.84. The van der Waals surface area contributed by atoms with Gasteiger partial charge >= 0.3 is 5.51 Å². The van der Waals surface area contributed by atoms with Crippen molar-refractivity contribution in [3.63, 3.8) is 0 Å². The van der Waals surface area contributed by atoms with Crippen LogP contribution in [-0.4, -0.2) is 31.4 Å². The number of carbonyl (C=O) groups is 1. The maximum atomic E-state index is 13.4. The van der Waals surface area contributed by atoms with Gasteiger partial charge in [0.05, 0.1) is 16.9 Å². The van der Waals surface area contributed by atoms with Crippen LogP contribution in [0.4, 0.5) is 13.2 Å². The molecule has 2 aromatic carbocycles. The van der Waals surface area contributed by atoms with Gasteiger partial charge in [-0.25, -0.2) is 8.42 Å². The van der Waals surface area contributed by atoms with Gasteiger partial charge in [-0.2, -0.15) is 13.2 Å². The van der Waals surface area contributed by atoms with E-state index < -0.39 is 37.2 Å². The number of hydrogen-bond acceptors (Lipinski definition) is 5. The highest BCUT2D eigenvalue weighted by molar-refractivity contribution is 9.10. The van der Waals surface area contributed by atoms with Crippen molar-refractivity contribution in [2.45, 2.75) is 28.7 Å². The Labute approximate surface area is 166 Å². The Morgan fingerprint density at radius 1 is 1.21 bits per heavy atom. The molecule has 1 unspecified atom stereocenters. The molecule has 4 rings (SSSR count). The maximum Gasteiger partial charge on any atom is 0.501 e. The first-order chi connectivity index (χ1) is 13.0. The fraction of sp³-hybridized carbons (Fsp3) is 0.278. The molecular weight excluding hydrogens is 465 g/mol. The number of ether oxygens (including phenoxy) is 1. The van der Waals surface area contributed by atoms with Gasteiger partial charge in [0.15, 0.2) is 5.78 Å². The van der Waals surface area contributed by atoms with E-state index >= 15 is 0 Å². The molecule has 0 aromatic heterocycles. The second kappa shape index (κ2) is 5.96. The number of sulfone groups is 1. The van der Waals surface area contributed by atoms with Gasteiger partial charge in [-0.05, 0) is 23.3 Å². The largest absolute Gasteiger partial charge is 0.508 e. The first-order valence-corrected chi connectivity index (χ1v) is 10.4. The van der Waals surface area contributed by atoms with E-state index in [0.29, 0.717) is 21.7 Å². The van der Waals surface area contributed by atoms with Crippen LogP contribution in [0.5, 0.6) is 11.5 Å². The van der Waals surface area contributed by atoms with Crippen LogP contribution in [0.25, 0.3) is 0 Å². The lowest BCUT2D eigenvalue weighted by molar-refractivity contribution is -0.122. The van der Waals surface area contributed by atoms with Crippen molar-refractivity contribution < 1.29 is 36.2 Å². The number of halogens is 4. The third-order valence-corrected chi connectivity index (χ3v) is 7.45. The zero-order chi connectivity index (χ0) is 20.5. The second-order valence-electron chi connectivity index (χ2n) is 6.64. The van der Waals surface area contributed by atoms with Crippen molar-refractivity contribution in [1.29, 1.82) is 0 Å². The van der Waals surface area contributed by atoms with E-state index in [2.05, 4.69) is 15.9 Å². The van der Waals surface area contributed by atoms with Gasteiger partial charge in [0.1, 0.15) is 11.5 Å². The summed E-state index contributed by atoms with van der Waals surface area (Å²) in [4.78, 5) is 12.0. The van der Waals surface area contributed by atoms with Crippen LogP contribution in [-0.2, 0) is 26.5 Å². The van der Waals surface area contributed by atoms with E-state index in [1.165, 1.54) is 0 Å². The predicted molar refractivity (Wildman–Crippen MR) is 95.1 cm³/mol. The zero-order valence-corrected chi connectivity index (χ0v) is 16.4. The third-order valence-electron chi connectivity index (χ3n) is 5.20. The molecule has 1 aliphatic heterocycles. The highest BCUT2D eigenvalue weighted by atomic mass is 79.9. The molecule has 0 fully saturated rings. The number of aromatic hydroxyl groups is 1. The van der Waals surface area contributed by atoms with Gasteiger partial charge in [0.2, 0.25) is 0 Å². The van der Waals surface area contributed by atoms with E-state index in [9.17, 15) is 31.5 Å². The second-order valence-corrected chi connectivity index (χ2v) is 9.40. The minimum Gasteiger partial charge on any atom is -0.508 e. The number of phenols is 1. The highest BCUT2D eigenvalue weighted by Gasteiger charge is 2.57. The Morgan fingerprint density at radius 3 is 2.61 bits per heavy atom. The summed E-state index contributed by atoms with van der Waals surface area (Å²) in [6, 6.07) is 6.51. The zero-order valence-electron chi connectivity index (χ0n) is 14.0. The summed E-state index contributed by atoms with van der Waals surface area (Å²) < 4.78 is 70.6. The van der Waals surface area contributed by atoms with E-state index in [1.54, 1.807) is 18.2 Å². The van der Waals surface area contributed by atoms with Crippen molar-refractivity contribution in [2.24, 2.45) is 0 Å². The van der Waals surface area contributed by atoms with Crippen molar-refractivity contribution in [3.8, 4) is 11.5 Å². The average molecular weight is 477 g/mol. The number of rotatable bonds is 1. The number of benzene rings is 2. The summed E-state index contributed by atoms with van der Waals surface area (Å²) in [5, 5.41) is 9.83. The summed E-state index contributed by atoms with van der Waals surface area (Å²) in [6.45, 7) is -0.0142. The van der Waals surface area contributed by atoms with E-state index in [-0.39, 0.29) is 30.8 Å². The molecule has 5 nitrogen and oxygen atoms in total. The van der Waals surface area contributed by atoms with Crippen molar-refractivity contribution in [3.05, 3.63) is 51.5 Å². The van der Waals surface area contributed by atoms with Crippen LogP contribution < -0.4 is 4.74 Å². The number of phenolic OH excluding ortho intramolecular Hbond substituents is 1. The van der Waals surface area contributed by atoms with Crippen LogP contribution in [0, 0.1) is 0 Å². The van der Waals surface area contributed by atoms with Crippen LogP contribution in [0.15, 0.2) is 39.7 Å². The number of alkyl halides is 3. The molecule has 0 radical (unpaired) electrons. The summed E-state index contributed by atoms with van der Waals surface area (Å²) in [5.41, 5.74) is -6.51. The normalized spacial score (nSPS) is 21.4. The van der Waals surface area contributed by atoms with Crippen molar-refractivity contribution >= 4 is 31.6 Å². The molecule has 1 aliphatic carbocycles. The number of fused-ring (bicyclic) bond motifs is 4. The first kappa shape index (κ1) is 19.3. The number of carbonyl (C=O) groups excluding carboxylic acids is 1. The lowest BCUT2D eigenvalue weighted by atomic mass is 9.71. The Bertz CT molecular complexity index is 1130. The van der Waals surface area contributed by atoms with Gasteiger partial charge in [0.25, 0.3) is 9.84 Å². The fourth-order valence-electron chi connectivity index (χ4n) is 4.03. The molecule has 1 heterocycles. The third kappa shape index (κ3) is 2.43. The molecule has 148 valence electrons. The fourth-order valence-corrected chi connectivity index (χ4v) is 5.61. The molecule has 2 aliphatic rings. The van der Waals surface area contributed by atoms with Gasteiger partial charge < -0.3 is 9.84 Å². The molecule has 2 aromatic rings. The predicted octanol–water partition coefficient (Wildman–Crippen LogP) is 3.64. The lowest BCUT2D eigenvalue weighted by Crippen LogP contribution is -2.41. The van der Waals surface area contributed by atoms with Crippen molar-refractivity contribution in [1.82, 2.24) is 0 Å². The van der Waals surface area contributed by atoms with Crippen LogP contribution in [0.1, 0.15) is 23.1 Å². The summed E-state index contributed by atoms with van der Waals surface area (Å²) in [6.07, 6.45) is -0.0595. The standard InChI is InChI=1S/C18H12BrF3O5S/c19-12-3-1-2-11-10(12)8-15(24)17(11)4-5-27-13-6-9(23)7-14(16(13)17)28(25,26)18(20,21)22/h1-3,6-7,23H,4-5,8H2. The topological polar surface area (TPSA) is 80.7 Å². The summed E-state index contributed by atoms with van der Waals surface area (Å²) >= 11 is 3.34. The lowest BCUT2D eigenvalue weighted by Gasteiger charge is -2.36.